The summed E-state index contributed by atoms with van der Waals surface area (Å²) in [6.07, 6.45) is 1.74. The zero-order valence-corrected chi connectivity index (χ0v) is 11.9. The van der Waals surface area contributed by atoms with Crippen molar-refractivity contribution in [2.45, 2.75) is 19.5 Å². The molecule has 0 saturated heterocycles. The molecule has 1 unspecified atom stereocenters. The standard InChI is InChI=1S/C12H11Cl2FN2S/c1-7(17-6-10-16-4-5-18-10)11-8(13)2-3-9(15)12(11)14/h2-5,7,17H,6H2,1H3. The van der Waals surface area contributed by atoms with Gasteiger partial charge in [-0.3, -0.25) is 0 Å². The molecule has 0 aliphatic carbocycles. The number of nitrogens with one attached hydrogen (secondary N) is 1. The van der Waals surface area contributed by atoms with Gasteiger partial charge < -0.3 is 5.32 Å². The highest BCUT2D eigenvalue weighted by Gasteiger charge is 2.16. The van der Waals surface area contributed by atoms with E-state index in [-0.39, 0.29) is 11.1 Å². The first-order valence-electron chi connectivity index (χ1n) is 5.34. The molecule has 0 aliphatic rings. The van der Waals surface area contributed by atoms with Crippen LogP contribution in [0.1, 0.15) is 23.5 Å². The summed E-state index contributed by atoms with van der Waals surface area (Å²) in [4.78, 5) is 4.16. The third kappa shape index (κ3) is 3.01. The lowest BCUT2D eigenvalue weighted by molar-refractivity contribution is 0.564. The molecule has 1 heterocycles. The summed E-state index contributed by atoms with van der Waals surface area (Å²) in [7, 11) is 0. The zero-order valence-electron chi connectivity index (χ0n) is 9.58. The van der Waals surface area contributed by atoms with Gasteiger partial charge in [-0.25, -0.2) is 9.37 Å². The van der Waals surface area contributed by atoms with E-state index >= 15 is 0 Å². The molecule has 0 spiro atoms. The molecular weight excluding hydrogens is 294 g/mol. The van der Waals surface area contributed by atoms with E-state index in [0.29, 0.717) is 17.1 Å². The Kier molecular flexibility index (Phi) is 4.56. The predicted molar refractivity (Wildman–Crippen MR) is 73.8 cm³/mol. The fourth-order valence-electron chi connectivity index (χ4n) is 1.62. The molecule has 1 atom stereocenters. The highest BCUT2D eigenvalue weighted by molar-refractivity contribution is 7.09. The Morgan fingerprint density at radius 1 is 1.44 bits per heavy atom. The van der Waals surface area contributed by atoms with Gasteiger partial charge in [0.1, 0.15) is 10.8 Å². The van der Waals surface area contributed by atoms with Crippen LogP contribution in [0.2, 0.25) is 10.0 Å². The van der Waals surface area contributed by atoms with E-state index in [0.717, 1.165) is 5.01 Å². The van der Waals surface area contributed by atoms with E-state index in [4.69, 9.17) is 23.2 Å². The SMILES string of the molecule is CC(NCc1nccs1)c1c(Cl)ccc(F)c1Cl. The van der Waals surface area contributed by atoms with Crippen LogP contribution in [-0.2, 0) is 6.54 Å². The molecule has 1 aromatic heterocycles. The molecule has 96 valence electrons. The number of nitrogens with zero attached hydrogens (tertiary/aromatic N) is 1. The van der Waals surface area contributed by atoms with Crippen molar-refractivity contribution in [1.82, 2.24) is 10.3 Å². The van der Waals surface area contributed by atoms with Gasteiger partial charge in [-0.1, -0.05) is 23.2 Å². The van der Waals surface area contributed by atoms with E-state index < -0.39 is 5.82 Å². The van der Waals surface area contributed by atoms with Crippen LogP contribution < -0.4 is 5.32 Å². The van der Waals surface area contributed by atoms with Gasteiger partial charge in [0.25, 0.3) is 0 Å². The van der Waals surface area contributed by atoms with Crippen molar-refractivity contribution in [3.63, 3.8) is 0 Å². The second kappa shape index (κ2) is 5.97. The molecule has 0 amide bonds. The van der Waals surface area contributed by atoms with Crippen LogP contribution in [0, 0.1) is 5.82 Å². The monoisotopic (exact) mass is 304 g/mol. The van der Waals surface area contributed by atoms with Gasteiger partial charge in [-0.05, 0) is 19.1 Å². The van der Waals surface area contributed by atoms with Gasteiger partial charge in [0.15, 0.2) is 0 Å². The van der Waals surface area contributed by atoms with Crippen LogP contribution in [-0.4, -0.2) is 4.98 Å². The minimum Gasteiger partial charge on any atom is -0.304 e. The summed E-state index contributed by atoms with van der Waals surface area (Å²) in [6.45, 7) is 2.49. The molecule has 0 aliphatic heterocycles. The van der Waals surface area contributed by atoms with Gasteiger partial charge in [0.2, 0.25) is 0 Å². The molecule has 0 fully saturated rings. The second-order valence-electron chi connectivity index (χ2n) is 3.79. The molecule has 6 heteroatoms. The average Bonchev–Trinajstić information content (AvgIpc) is 2.85. The Bertz CT molecular complexity index is 531. The molecule has 2 rings (SSSR count). The van der Waals surface area contributed by atoms with Crippen LogP contribution in [0.4, 0.5) is 4.39 Å². The third-order valence-corrected chi connectivity index (χ3v) is 4.05. The summed E-state index contributed by atoms with van der Waals surface area (Å²) in [5.41, 5.74) is 0.579. The van der Waals surface area contributed by atoms with E-state index in [2.05, 4.69) is 10.3 Å². The molecule has 1 aromatic carbocycles. The highest BCUT2D eigenvalue weighted by atomic mass is 35.5. The molecule has 2 nitrogen and oxygen atoms in total. The minimum atomic E-state index is -0.459. The van der Waals surface area contributed by atoms with Gasteiger partial charge >= 0.3 is 0 Å². The maximum atomic E-state index is 13.4. The van der Waals surface area contributed by atoms with Gasteiger partial charge in [0, 0.05) is 34.7 Å². The summed E-state index contributed by atoms with van der Waals surface area (Å²) in [5.74, 6) is -0.459. The first kappa shape index (κ1) is 13.7. The first-order chi connectivity index (χ1) is 8.59. The van der Waals surface area contributed by atoms with Crippen LogP contribution in [0.5, 0.6) is 0 Å². The van der Waals surface area contributed by atoms with Gasteiger partial charge in [-0.2, -0.15) is 0 Å². The average molecular weight is 305 g/mol. The Hall–Kier alpha value is -0.680. The topological polar surface area (TPSA) is 24.9 Å². The minimum absolute atomic E-state index is 0.0710. The number of hydrogen-bond donors (Lipinski definition) is 1. The number of benzene rings is 1. The molecule has 0 bridgehead atoms. The summed E-state index contributed by atoms with van der Waals surface area (Å²) in [5, 5.41) is 6.62. The number of aromatic nitrogens is 1. The predicted octanol–water partition coefficient (Wildman–Crippen LogP) is 4.44. The van der Waals surface area contributed by atoms with E-state index in [1.165, 1.54) is 12.1 Å². The highest BCUT2D eigenvalue weighted by Crippen LogP contribution is 2.32. The Balaban J connectivity index is 2.13. The molecule has 0 radical (unpaired) electrons. The Labute approximate surface area is 119 Å². The third-order valence-electron chi connectivity index (χ3n) is 2.56. The number of rotatable bonds is 4. The number of halogens is 3. The molecule has 18 heavy (non-hydrogen) atoms. The zero-order chi connectivity index (χ0) is 13.1. The van der Waals surface area contributed by atoms with Crippen molar-refractivity contribution in [1.29, 1.82) is 0 Å². The van der Waals surface area contributed by atoms with Crippen molar-refractivity contribution >= 4 is 34.5 Å². The first-order valence-corrected chi connectivity index (χ1v) is 6.98. The fourth-order valence-corrected chi connectivity index (χ4v) is 2.89. The van der Waals surface area contributed by atoms with Gasteiger partial charge in [0.05, 0.1) is 5.02 Å². The van der Waals surface area contributed by atoms with Gasteiger partial charge in [-0.15, -0.1) is 11.3 Å². The van der Waals surface area contributed by atoms with Crippen molar-refractivity contribution in [2.24, 2.45) is 0 Å². The van der Waals surface area contributed by atoms with Crippen molar-refractivity contribution in [3.05, 3.63) is 50.1 Å². The largest absolute Gasteiger partial charge is 0.304 e. The Morgan fingerprint density at radius 2 is 2.22 bits per heavy atom. The Morgan fingerprint density at radius 3 is 2.89 bits per heavy atom. The van der Waals surface area contributed by atoms with Crippen molar-refractivity contribution in [2.75, 3.05) is 0 Å². The summed E-state index contributed by atoms with van der Waals surface area (Å²) >= 11 is 13.6. The summed E-state index contributed by atoms with van der Waals surface area (Å²) < 4.78 is 13.4. The molecule has 2 aromatic rings. The molecule has 1 N–H and O–H groups in total. The van der Waals surface area contributed by atoms with Crippen LogP contribution >= 0.6 is 34.5 Å². The van der Waals surface area contributed by atoms with Crippen LogP contribution in [0.25, 0.3) is 0 Å². The maximum absolute atomic E-state index is 13.4. The van der Waals surface area contributed by atoms with Crippen LogP contribution in [0.3, 0.4) is 0 Å². The maximum Gasteiger partial charge on any atom is 0.142 e. The summed E-state index contributed by atoms with van der Waals surface area (Å²) in [6, 6.07) is 2.63. The smallest absolute Gasteiger partial charge is 0.142 e. The number of hydrogen-bond acceptors (Lipinski definition) is 3. The lowest BCUT2D eigenvalue weighted by atomic mass is 10.1. The number of thiazole rings is 1. The van der Waals surface area contributed by atoms with E-state index in [9.17, 15) is 4.39 Å². The normalized spacial score (nSPS) is 12.7. The van der Waals surface area contributed by atoms with Crippen molar-refractivity contribution in [3.8, 4) is 0 Å². The lowest BCUT2D eigenvalue weighted by Gasteiger charge is -2.16. The fraction of sp³-hybridized carbons (Fsp3) is 0.250. The quantitative estimate of drug-likeness (QED) is 0.845. The van der Waals surface area contributed by atoms with E-state index in [1.54, 1.807) is 17.5 Å². The van der Waals surface area contributed by atoms with Crippen LogP contribution in [0.15, 0.2) is 23.7 Å². The van der Waals surface area contributed by atoms with E-state index in [1.807, 2.05) is 12.3 Å². The molecular formula is C12H11Cl2FN2S. The van der Waals surface area contributed by atoms with Crippen molar-refractivity contribution < 1.29 is 4.39 Å². The second-order valence-corrected chi connectivity index (χ2v) is 5.55. The lowest BCUT2D eigenvalue weighted by Crippen LogP contribution is -2.19. The molecule has 0 saturated carbocycles.